The Morgan fingerprint density at radius 1 is 1.31 bits per heavy atom. The molecule has 0 saturated heterocycles. The van der Waals surface area contributed by atoms with Gasteiger partial charge in [-0.3, -0.25) is 0 Å². The van der Waals surface area contributed by atoms with Crippen LogP contribution in [0.1, 0.15) is 19.4 Å². The third-order valence-electron chi connectivity index (χ3n) is 1.38. The molecule has 1 aromatic rings. The molecule has 0 bridgehead atoms. The maximum atomic E-state index is 13.0. The van der Waals surface area contributed by atoms with Crippen LogP contribution in [0.25, 0.3) is 0 Å². The van der Waals surface area contributed by atoms with Gasteiger partial charge in [0, 0.05) is 0 Å². The van der Waals surface area contributed by atoms with E-state index < -0.39 is 5.60 Å². The van der Waals surface area contributed by atoms with E-state index in [0.29, 0.717) is 5.56 Å². The van der Waals surface area contributed by atoms with Crippen molar-refractivity contribution in [3.63, 3.8) is 0 Å². The molecule has 0 saturated carbocycles. The molecule has 0 spiro atoms. The molecule has 0 radical (unpaired) electrons. The van der Waals surface area contributed by atoms with Gasteiger partial charge in [0.2, 0.25) is 0 Å². The summed E-state index contributed by atoms with van der Waals surface area (Å²) in [4.78, 5) is 0. The van der Waals surface area contributed by atoms with E-state index in [9.17, 15) is 9.50 Å². The standard InChI is InChI=1S/C11H11FO/c1-11(2,13)8-7-9-5-3-4-6-10(9)12/h3-6,13H,1-2H3. The van der Waals surface area contributed by atoms with Crippen LogP contribution in [0.15, 0.2) is 24.3 Å². The summed E-state index contributed by atoms with van der Waals surface area (Å²) >= 11 is 0. The Morgan fingerprint density at radius 2 is 1.92 bits per heavy atom. The van der Waals surface area contributed by atoms with Gasteiger partial charge < -0.3 is 5.11 Å². The molecule has 0 aliphatic heterocycles. The van der Waals surface area contributed by atoms with E-state index in [1.807, 2.05) is 0 Å². The molecular formula is C11H11FO. The van der Waals surface area contributed by atoms with Gasteiger partial charge in [0.05, 0.1) is 5.56 Å². The second-order valence-corrected chi connectivity index (χ2v) is 3.29. The molecule has 68 valence electrons. The van der Waals surface area contributed by atoms with E-state index in [1.54, 1.807) is 32.0 Å². The Labute approximate surface area is 77.2 Å². The van der Waals surface area contributed by atoms with Crippen LogP contribution in [0.5, 0.6) is 0 Å². The van der Waals surface area contributed by atoms with Crippen LogP contribution in [0, 0.1) is 17.7 Å². The van der Waals surface area contributed by atoms with Crippen molar-refractivity contribution in [2.45, 2.75) is 19.4 Å². The fraction of sp³-hybridized carbons (Fsp3) is 0.273. The lowest BCUT2D eigenvalue weighted by molar-refractivity contribution is 0.143. The first kappa shape index (κ1) is 9.76. The van der Waals surface area contributed by atoms with Crippen LogP contribution >= 0.6 is 0 Å². The topological polar surface area (TPSA) is 20.2 Å². The molecular weight excluding hydrogens is 167 g/mol. The number of aliphatic hydroxyl groups is 1. The van der Waals surface area contributed by atoms with Crippen LogP contribution in [-0.2, 0) is 0 Å². The van der Waals surface area contributed by atoms with Crippen molar-refractivity contribution in [2.75, 3.05) is 0 Å². The van der Waals surface area contributed by atoms with Gasteiger partial charge in [-0.05, 0) is 26.0 Å². The van der Waals surface area contributed by atoms with Crippen LogP contribution in [0.2, 0.25) is 0 Å². The third-order valence-corrected chi connectivity index (χ3v) is 1.38. The zero-order valence-electron chi connectivity index (χ0n) is 7.63. The molecule has 0 aliphatic carbocycles. The van der Waals surface area contributed by atoms with Gasteiger partial charge >= 0.3 is 0 Å². The van der Waals surface area contributed by atoms with Crippen LogP contribution in [0.4, 0.5) is 4.39 Å². The van der Waals surface area contributed by atoms with Gasteiger partial charge in [-0.1, -0.05) is 24.0 Å². The molecule has 0 amide bonds. The minimum atomic E-state index is -1.08. The first-order valence-electron chi connectivity index (χ1n) is 3.99. The van der Waals surface area contributed by atoms with E-state index in [0.717, 1.165) is 0 Å². The Bertz CT molecular complexity index is 352. The van der Waals surface area contributed by atoms with E-state index >= 15 is 0 Å². The van der Waals surface area contributed by atoms with Gasteiger partial charge in [-0.2, -0.15) is 0 Å². The van der Waals surface area contributed by atoms with Gasteiger partial charge in [0.25, 0.3) is 0 Å². The van der Waals surface area contributed by atoms with Crippen molar-refractivity contribution in [1.82, 2.24) is 0 Å². The highest BCUT2D eigenvalue weighted by Crippen LogP contribution is 2.05. The summed E-state index contributed by atoms with van der Waals surface area (Å²) in [5.41, 5.74) is -0.771. The summed E-state index contributed by atoms with van der Waals surface area (Å²) < 4.78 is 13.0. The zero-order valence-corrected chi connectivity index (χ0v) is 7.63. The number of rotatable bonds is 0. The summed E-state index contributed by atoms with van der Waals surface area (Å²) in [5.74, 6) is 4.76. The lowest BCUT2D eigenvalue weighted by atomic mass is 10.1. The number of hydrogen-bond acceptors (Lipinski definition) is 1. The Hall–Kier alpha value is -1.33. The molecule has 0 heterocycles. The minimum absolute atomic E-state index is 0.310. The van der Waals surface area contributed by atoms with Crippen molar-refractivity contribution in [3.05, 3.63) is 35.6 Å². The number of hydrogen-bond donors (Lipinski definition) is 1. The minimum Gasteiger partial charge on any atom is -0.378 e. The lowest BCUT2D eigenvalue weighted by Gasteiger charge is -2.05. The highest BCUT2D eigenvalue weighted by molar-refractivity contribution is 5.36. The highest BCUT2D eigenvalue weighted by Gasteiger charge is 2.06. The van der Waals surface area contributed by atoms with Crippen molar-refractivity contribution >= 4 is 0 Å². The molecule has 1 rings (SSSR count). The lowest BCUT2D eigenvalue weighted by Crippen LogP contribution is -2.14. The normalized spacial score (nSPS) is 10.5. The SMILES string of the molecule is CC(C)(O)C#Cc1ccccc1F. The summed E-state index contributed by atoms with van der Waals surface area (Å²) in [5, 5.41) is 9.27. The zero-order chi connectivity index (χ0) is 9.90. The number of benzene rings is 1. The van der Waals surface area contributed by atoms with Crippen molar-refractivity contribution in [2.24, 2.45) is 0 Å². The van der Waals surface area contributed by atoms with E-state index in [2.05, 4.69) is 11.8 Å². The Kier molecular flexibility index (Phi) is 2.69. The molecule has 1 aromatic carbocycles. The first-order valence-corrected chi connectivity index (χ1v) is 3.99. The summed E-state index contributed by atoms with van der Waals surface area (Å²) in [6, 6.07) is 6.23. The molecule has 0 aromatic heterocycles. The fourth-order valence-electron chi connectivity index (χ4n) is 0.783. The van der Waals surface area contributed by atoms with Crippen LogP contribution < -0.4 is 0 Å². The monoisotopic (exact) mass is 178 g/mol. The van der Waals surface area contributed by atoms with E-state index in [4.69, 9.17) is 0 Å². The first-order chi connectivity index (χ1) is 5.99. The average molecular weight is 178 g/mol. The largest absolute Gasteiger partial charge is 0.378 e. The molecule has 0 atom stereocenters. The predicted octanol–water partition coefficient (Wildman–Crippen LogP) is 1.95. The molecule has 0 fully saturated rings. The third kappa shape index (κ3) is 3.27. The molecule has 13 heavy (non-hydrogen) atoms. The molecule has 1 nitrogen and oxygen atoms in total. The summed E-state index contributed by atoms with van der Waals surface area (Å²) in [6.07, 6.45) is 0. The number of halogens is 1. The molecule has 0 unspecified atom stereocenters. The van der Waals surface area contributed by atoms with Gasteiger partial charge in [0.15, 0.2) is 0 Å². The van der Waals surface area contributed by atoms with Gasteiger partial charge in [-0.25, -0.2) is 4.39 Å². The maximum absolute atomic E-state index is 13.0. The molecule has 2 heteroatoms. The molecule has 0 aliphatic rings. The highest BCUT2D eigenvalue weighted by atomic mass is 19.1. The molecule has 1 N–H and O–H groups in total. The van der Waals surface area contributed by atoms with Gasteiger partial charge in [0.1, 0.15) is 11.4 Å². The summed E-state index contributed by atoms with van der Waals surface area (Å²) in [7, 11) is 0. The van der Waals surface area contributed by atoms with Gasteiger partial charge in [-0.15, -0.1) is 0 Å². The van der Waals surface area contributed by atoms with E-state index in [1.165, 1.54) is 6.07 Å². The van der Waals surface area contributed by atoms with Crippen LogP contribution in [-0.4, -0.2) is 10.7 Å². The van der Waals surface area contributed by atoms with Crippen molar-refractivity contribution in [1.29, 1.82) is 0 Å². The van der Waals surface area contributed by atoms with Crippen molar-refractivity contribution in [3.8, 4) is 11.8 Å². The second kappa shape index (κ2) is 3.59. The van der Waals surface area contributed by atoms with Crippen LogP contribution in [0.3, 0.4) is 0 Å². The van der Waals surface area contributed by atoms with E-state index in [-0.39, 0.29) is 5.82 Å². The fourth-order valence-corrected chi connectivity index (χ4v) is 0.783. The maximum Gasteiger partial charge on any atom is 0.138 e. The predicted molar refractivity (Wildman–Crippen MR) is 49.6 cm³/mol. The Morgan fingerprint density at radius 3 is 2.46 bits per heavy atom. The summed E-state index contributed by atoms with van der Waals surface area (Å²) in [6.45, 7) is 3.11. The smallest absolute Gasteiger partial charge is 0.138 e. The quantitative estimate of drug-likeness (QED) is 0.602. The average Bonchev–Trinajstić information content (AvgIpc) is 2.01. The van der Waals surface area contributed by atoms with Crippen molar-refractivity contribution < 1.29 is 9.50 Å². The Balaban J connectivity index is 2.97. The second-order valence-electron chi connectivity index (χ2n) is 3.29.